The fourth-order valence-corrected chi connectivity index (χ4v) is 3.22. The lowest BCUT2D eigenvalue weighted by Crippen LogP contribution is -1.99. The van der Waals surface area contributed by atoms with Crippen LogP contribution in [0.4, 0.5) is 0 Å². The monoisotopic (exact) mass is 319 g/mol. The van der Waals surface area contributed by atoms with Gasteiger partial charge in [0.2, 0.25) is 0 Å². The van der Waals surface area contributed by atoms with Crippen LogP contribution in [-0.2, 0) is 0 Å². The van der Waals surface area contributed by atoms with Crippen molar-refractivity contribution in [1.82, 2.24) is 4.98 Å². The third kappa shape index (κ3) is 2.07. The van der Waals surface area contributed by atoms with E-state index < -0.39 is 6.10 Å². The Kier molecular flexibility index (Phi) is 3.16. The Morgan fingerprint density at radius 1 is 1.28 bits per heavy atom. The van der Waals surface area contributed by atoms with Crippen molar-refractivity contribution in [3.05, 3.63) is 63.0 Å². The Morgan fingerprint density at radius 2 is 2.17 bits per heavy atom. The minimum atomic E-state index is -0.611. The van der Waals surface area contributed by atoms with Gasteiger partial charge in [0, 0.05) is 17.8 Å². The van der Waals surface area contributed by atoms with Gasteiger partial charge in [-0.15, -0.1) is 11.3 Å². The van der Waals surface area contributed by atoms with Crippen molar-refractivity contribution in [1.29, 1.82) is 0 Å². The van der Waals surface area contributed by atoms with E-state index in [0.29, 0.717) is 0 Å². The fraction of sp³-hybridized carbons (Fsp3) is 0.0714. The van der Waals surface area contributed by atoms with Crippen molar-refractivity contribution in [3.63, 3.8) is 0 Å². The summed E-state index contributed by atoms with van der Waals surface area (Å²) in [7, 11) is 0. The van der Waals surface area contributed by atoms with Gasteiger partial charge in [-0.05, 0) is 50.0 Å². The zero-order chi connectivity index (χ0) is 12.5. The molecule has 18 heavy (non-hydrogen) atoms. The lowest BCUT2D eigenvalue weighted by atomic mass is 9.99. The molecule has 3 rings (SSSR count). The molecule has 4 heteroatoms. The normalized spacial score (nSPS) is 12.8. The first-order valence-corrected chi connectivity index (χ1v) is 7.17. The van der Waals surface area contributed by atoms with Gasteiger partial charge in [0.25, 0.3) is 0 Å². The molecule has 1 aromatic carbocycles. The predicted molar refractivity (Wildman–Crippen MR) is 77.8 cm³/mol. The highest BCUT2D eigenvalue weighted by molar-refractivity contribution is 9.11. The number of benzene rings is 1. The van der Waals surface area contributed by atoms with Crippen LogP contribution in [0.15, 0.2) is 51.9 Å². The van der Waals surface area contributed by atoms with Crippen LogP contribution in [0.25, 0.3) is 10.8 Å². The van der Waals surface area contributed by atoms with Crippen LogP contribution in [-0.4, -0.2) is 10.1 Å². The summed E-state index contributed by atoms with van der Waals surface area (Å²) in [6.07, 6.45) is 2.95. The maximum absolute atomic E-state index is 10.5. The molecular weight excluding hydrogens is 310 g/mol. The van der Waals surface area contributed by atoms with E-state index in [2.05, 4.69) is 20.9 Å². The topological polar surface area (TPSA) is 33.1 Å². The summed E-state index contributed by atoms with van der Waals surface area (Å²) in [5.74, 6) is 0. The quantitative estimate of drug-likeness (QED) is 0.770. The summed E-state index contributed by atoms with van der Waals surface area (Å²) in [6, 6.07) is 9.83. The Balaban J connectivity index is 2.14. The fourth-order valence-electron chi connectivity index (χ4n) is 2.02. The average molecular weight is 320 g/mol. The Labute approximate surface area is 117 Å². The molecule has 0 aliphatic heterocycles. The van der Waals surface area contributed by atoms with E-state index in [9.17, 15) is 5.11 Å². The second-order valence-corrected chi connectivity index (χ2v) is 6.32. The number of rotatable bonds is 2. The van der Waals surface area contributed by atoms with Gasteiger partial charge < -0.3 is 5.11 Å². The van der Waals surface area contributed by atoms with E-state index in [1.165, 1.54) is 0 Å². The zero-order valence-electron chi connectivity index (χ0n) is 9.38. The number of pyridine rings is 1. The molecule has 0 radical (unpaired) electrons. The number of aromatic nitrogens is 1. The van der Waals surface area contributed by atoms with Gasteiger partial charge in [-0.25, -0.2) is 0 Å². The average Bonchev–Trinajstić information content (AvgIpc) is 2.84. The summed E-state index contributed by atoms with van der Waals surface area (Å²) < 4.78 is 1.02. The number of fused-ring (bicyclic) bond motifs is 1. The van der Waals surface area contributed by atoms with E-state index in [1.807, 2.05) is 35.7 Å². The summed E-state index contributed by atoms with van der Waals surface area (Å²) in [4.78, 5) is 4.14. The number of hydrogen-bond acceptors (Lipinski definition) is 3. The summed E-state index contributed by atoms with van der Waals surface area (Å²) in [5, 5.41) is 14.5. The Hall–Kier alpha value is -1.23. The predicted octanol–water partition coefficient (Wildman–Crippen LogP) is 4.14. The van der Waals surface area contributed by atoms with Crippen molar-refractivity contribution in [2.24, 2.45) is 0 Å². The van der Waals surface area contributed by atoms with E-state index in [0.717, 1.165) is 25.7 Å². The van der Waals surface area contributed by atoms with Gasteiger partial charge >= 0.3 is 0 Å². The maximum atomic E-state index is 10.5. The molecule has 90 valence electrons. The van der Waals surface area contributed by atoms with Crippen molar-refractivity contribution >= 4 is 38.0 Å². The zero-order valence-corrected chi connectivity index (χ0v) is 11.8. The first kappa shape index (κ1) is 11.8. The van der Waals surface area contributed by atoms with Crippen molar-refractivity contribution in [2.75, 3.05) is 0 Å². The Morgan fingerprint density at radius 3 is 2.94 bits per heavy atom. The number of aliphatic hydroxyl groups excluding tert-OH is 1. The number of thiophene rings is 1. The van der Waals surface area contributed by atoms with Crippen molar-refractivity contribution in [3.8, 4) is 0 Å². The second kappa shape index (κ2) is 4.80. The third-order valence-electron chi connectivity index (χ3n) is 2.92. The largest absolute Gasteiger partial charge is 0.384 e. The molecule has 0 amide bonds. The first-order chi connectivity index (χ1) is 8.75. The molecule has 0 spiro atoms. The van der Waals surface area contributed by atoms with Crippen LogP contribution >= 0.6 is 27.3 Å². The van der Waals surface area contributed by atoms with Gasteiger partial charge in [-0.3, -0.25) is 4.98 Å². The molecular formula is C14H10BrNOS. The molecule has 1 atom stereocenters. The molecule has 0 aliphatic carbocycles. The second-order valence-electron chi connectivity index (χ2n) is 4.03. The van der Waals surface area contributed by atoms with Crippen LogP contribution in [0.1, 0.15) is 17.2 Å². The van der Waals surface area contributed by atoms with Gasteiger partial charge in [-0.2, -0.15) is 0 Å². The number of halogens is 1. The smallest absolute Gasteiger partial charge is 0.106 e. The highest BCUT2D eigenvalue weighted by atomic mass is 79.9. The van der Waals surface area contributed by atoms with E-state index >= 15 is 0 Å². The molecule has 0 saturated heterocycles. The minimum absolute atomic E-state index is 0.611. The number of aliphatic hydroxyl groups is 1. The SMILES string of the molecule is OC(c1csc(Br)c1)c1cccc2ccncc12. The molecule has 0 fully saturated rings. The van der Waals surface area contributed by atoms with Gasteiger partial charge in [0.1, 0.15) is 6.10 Å². The molecule has 0 aliphatic rings. The van der Waals surface area contributed by atoms with Gasteiger partial charge in [-0.1, -0.05) is 18.2 Å². The maximum Gasteiger partial charge on any atom is 0.106 e. The van der Waals surface area contributed by atoms with E-state index in [1.54, 1.807) is 23.7 Å². The Bertz CT molecular complexity index is 690. The van der Waals surface area contributed by atoms with Crippen LogP contribution in [0, 0.1) is 0 Å². The van der Waals surface area contributed by atoms with Gasteiger partial charge in [0.15, 0.2) is 0 Å². The highest BCUT2D eigenvalue weighted by Gasteiger charge is 2.14. The highest BCUT2D eigenvalue weighted by Crippen LogP contribution is 2.32. The molecule has 1 unspecified atom stereocenters. The lowest BCUT2D eigenvalue weighted by molar-refractivity contribution is 0.222. The van der Waals surface area contributed by atoms with E-state index in [-0.39, 0.29) is 0 Å². The third-order valence-corrected chi connectivity index (χ3v) is 4.44. The molecule has 2 aromatic heterocycles. The summed E-state index contributed by atoms with van der Waals surface area (Å²) in [6.45, 7) is 0. The molecule has 2 heterocycles. The minimum Gasteiger partial charge on any atom is -0.384 e. The van der Waals surface area contributed by atoms with Crippen molar-refractivity contribution < 1.29 is 5.11 Å². The molecule has 0 bridgehead atoms. The number of nitrogens with zero attached hydrogens (tertiary/aromatic N) is 1. The lowest BCUT2D eigenvalue weighted by Gasteiger charge is -2.12. The van der Waals surface area contributed by atoms with Gasteiger partial charge in [0.05, 0.1) is 3.79 Å². The molecule has 1 N–H and O–H groups in total. The standard InChI is InChI=1S/C14H10BrNOS/c15-13-6-10(8-18-13)14(17)11-3-1-2-9-4-5-16-7-12(9)11/h1-8,14,17H. The molecule has 0 saturated carbocycles. The molecule has 3 aromatic rings. The number of hydrogen-bond donors (Lipinski definition) is 1. The van der Waals surface area contributed by atoms with Crippen LogP contribution in [0.3, 0.4) is 0 Å². The van der Waals surface area contributed by atoms with Crippen LogP contribution in [0.5, 0.6) is 0 Å². The van der Waals surface area contributed by atoms with E-state index in [4.69, 9.17) is 0 Å². The molecule has 2 nitrogen and oxygen atoms in total. The van der Waals surface area contributed by atoms with Crippen LogP contribution < -0.4 is 0 Å². The summed E-state index contributed by atoms with van der Waals surface area (Å²) >= 11 is 4.99. The van der Waals surface area contributed by atoms with Crippen LogP contribution in [0.2, 0.25) is 0 Å². The summed E-state index contributed by atoms with van der Waals surface area (Å²) in [5.41, 5.74) is 1.80. The van der Waals surface area contributed by atoms with Crippen molar-refractivity contribution in [2.45, 2.75) is 6.10 Å². The first-order valence-electron chi connectivity index (χ1n) is 5.50.